The van der Waals surface area contributed by atoms with Gasteiger partial charge in [-0.3, -0.25) is 9.59 Å². The van der Waals surface area contributed by atoms with Gasteiger partial charge in [0.25, 0.3) is 0 Å². The lowest BCUT2D eigenvalue weighted by Gasteiger charge is -2.24. The molecule has 0 saturated heterocycles. The molecule has 0 saturated carbocycles. The highest BCUT2D eigenvalue weighted by Crippen LogP contribution is 2.35. The number of carboxylic acid groups (broad SMARTS) is 1. The lowest BCUT2D eigenvalue weighted by atomic mass is 10.1. The van der Waals surface area contributed by atoms with Gasteiger partial charge < -0.3 is 20.1 Å². The lowest BCUT2D eigenvalue weighted by molar-refractivity contribution is -0.145. The summed E-state index contributed by atoms with van der Waals surface area (Å²) >= 11 is 6.47. The zero-order chi connectivity index (χ0) is 24.0. The molecule has 0 aliphatic rings. The highest BCUT2D eigenvalue weighted by molar-refractivity contribution is 14.1. The van der Waals surface area contributed by atoms with E-state index in [4.69, 9.17) is 4.74 Å². The van der Waals surface area contributed by atoms with Crippen molar-refractivity contribution >= 4 is 96.8 Å². The predicted molar refractivity (Wildman–Crippen MR) is 150 cm³/mol. The van der Waals surface area contributed by atoms with E-state index in [2.05, 4.69) is 73.1 Å². The summed E-state index contributed by atoms with van der Waals surface area (Å²) in [6.07, 6.45) is -0.588. The molecule has 0 aliphatic carbocycles. The number of amides is 1. The summed E-state index contributed by atoms with van der Waals surface area (Å²) in [7, 11) is 0. The molecule has 0 heterocycles. The quantitative estimate of drug-likeness (QED) is 0.248. The second kappa shape index (κ2) is 12.3. The Morgan fingerprint density at radius 2 is 1.81 bits per heavy atom. The fourth-order valence-electron chi connectivity index (χ4n) is 3.04. The van der Waals surface area contributed by atoms with Gasteiger partial charge in [-0.15, -0.1) is 0 Å². The zero-order valence-corrected chi connectivity index (χ0v) is 24.2. The number of nitrogens with one attached hydrogen (secondary N) is 1. The van der Waals surface area contributed by atoms with Gasteiger partial charge in [0.05, 0.1) is 12.2 Å². The molecule has 1 amide bonds. The van der Waals surface area contributed by atoms with Crippen molar-refractivity contribution < 1.29 is 24.2 Å². The van der Waals surface area contributed by atoms with E-state index >= 15 is 0 Å². The van der Waals surface area contributed by atoms with Crippen LogP contribution in [0.4, 0.5) is 11.4 Å². The number of hydrogen-bond donors (Lipinski definition) is 2. The molecule has 1 atom stereocenters. The van der Waals surface area contributed by atoms with Crippen LogP contribution in [0.2, 0.25) is 0 Å². The van der Waals surface area contributed by atoms with Gasteiger partial charge in [0.1, 0.15) is 5.75 Å². The molecule has 2 rings (SSSR count). The second-order valence-electron chi connectivity index (χ2n) is 6.80. The maximum atomic E-state index is 13.1. The number of aliphatic carboxylic acids is 1. The summed E-state index contributed by atoms with van der Waals surface area (Å²) in [5.74, 6) is -0.798. The molecule has 2 aromatic carbocycles. The molecule has 2 N–H and O–H groups in total. The molecule has 0 fully saturated rings. The summed E-state index contributed by atoms with van der Waals surface area (Å²) in [6, 6.07) is 8.77. The fourth-order valence-corrected chi connectivity index (χ4v) is 7.60. The summed E-state index contributed by atoms with van der Waals surface area (Å²) in [4.78, 5) is 38.1. The first-order valence-electron chi connectivity index (χ1n) is 9.82. The molecule has 32 heavy (non-hydrogen) atoms. The van der Waals surface area contributed by atoms with Gasteiger partial charge >= 0.3 is 5.97 Å². The Bertz CT molecular complexity index is 1030. The SMILES string of the molecule is CCC(Oc1cccc(NCC(=O)c2c(I)cc(I)c(N(CC)C(C)=O)c2I)c1)C(=O)O. The third-order valence-electron chi connectivity index (χ3n) is 4.60. The van der Waals surface area contributed by atoms with E-state index in [9.17, 15) is 19.5 Å². The first-order valence-corrected chi connectivity index (χ1v) is 13.1. The number of ketones is 1. The van der Waals surface area contributed by atoms with Crippen LogP contribution >= 0.6 is 67.8 Å². The van der Waals surface area contributed by atoms with Crippen LogP contribution in [0, 0.1) is 10.7 Å². The van der Waals surface area contributed by atoms with E-state index < -0.39 is 12.1 Å². The van der Waals surface area contributed by atoms with Gasteiger partial charge in [0.2, 0.25) is 5.91 Å². The van der Waals surface area contributed by atoms with Gasteiger partial charge in [-0.1, -0.05) is 13.0 Å². The van der Waals surface area contributed by atoms with Crippen LogP contribution in [-0.2, 0) is 9.59 Å². The van der Waals surface area contributed by atoms with Crippen LogP contribution in [0.5, 0.6) is 5.75 Å². The third-order valence-corrected chi connectivity index (χ3v) is 7.33. The standard InChI is InChI=1S/C22H23I3N2O5/c1-4-18(22(30)31)32-14-8-6-7-13(9-14)26-11-17(29)19-15(23)10-16(24)21(20(19)25)27(5-2)12(3)28/h6-10,18,26H,4-5,11H2,1-3H3,(H,30,31). The normalized spacial score (nSPS) is 11.6. The Balaban J connectivity index is 2.25. The number of carboxylic acids is 1. The first-order chi connectivity index (χ1) is 15.1. The molecular formula is C22H23I3N2O5. The van der Waals surface area contributed by atoms with Crippen LogP contribution in [0.3, 0.4) is 0 Å². The van der Waals surface area contributed by atoms with E-state index in [1.54, 1.807) is 36.1 Å². The molecule has 172 valence electrons. The number of ether oxygens (including phenoxy) is 1. The number of carbonyl (C=O) groups excluding carboxylic acids is 2. The summed E-state index contributed by atoms with van der Waals surface area (Å²) in [5, 5.41) is 12.3. The molecule has 0 aromatic heterocycles. The molecule has 0 bridgehead atoms. The molecule has 1 unspecified atom stereocenters. The van der Waals surface area contributed by atoms with Crippen LogP contribution in [0.1, 0.15) is 37.6 Å². The topological polar surface area (TPSA) is 95.9 Å². The number of nitrogens with zero attached hydrogens (tertiary/aromatic N) is 1. The van der Waals surface area contributed by atoms with Crippen molar-refractivity contribution in [3.05, 3.63) is 46.6 Å². The van der Waals surface area contributed by atoms with Crippen LogP contribution in [0.25, 0.3) is 0 Å². The second-order valence-corrected chi connectivity index (χ2v) is 10.2. The Kier molecular flexibility index (Phi) is 10.4. The van der Waals surface area contributed by atoms with E-state index in [-0.39, 0.29) is 18.2 Å². The maximum absolute atomic E-state index is 13.1. The van der Waals surface area contributed by atoms with Gasteiger partial charge in [-0.25, -0.2) is 4.79 Å². The summed E-state index contributed by atoms with van der Waals surface area (Å²) in [6.45, 7) is 5.70. The number of benzene rings is 2. The van der Waals surface area contributed by atoms with Crippen molar-refractivity contribution in [2.24, 2.45) is 0 Å². The highest BCUT2D eigenvalue weighted by Gasteiger charge is 2.24. The van der Waals surface area contributed by atoms with Gasteiger partial charge in [-0.05, 0) is 99.3 Å². The molecular weight excluding hydrogens is 753 g/mol. The van der Waals surface area contributed by atoms with Gasteiger partial charge in [0, 0.05) is 41.5 Å². The molecule has 2 aromatic rings. The van der Waals surface area contributed by atoms with E-state index in [0.29, 0.717) is 30.0 Å². The number of halogens is 3. The van der Waals surface area contributed by atoms with Crippen molar-refractivity contribution in [2.75, 3.05) is 23.3 Å². The monoisotopic (exact) mass is 776 g/mol. The zero-order valence-electron chi connectivity index (χ0n) is 17.7. The van der Waals surface area contributed by atoms with Crippen LogP contribution < -0.4 is 15.0 Å². The Labute approximate surface area is 228 Å². The van der Waals surface area contributed by atoms with E-state index in [1.165, 1.54) is 6.92 Å². The predicted octanol–water partition coefficient (Wildman–Crippen LogP) is 5.41. The molecule has 0 spiro atoms. The minimum atomic E-state index is -1.02. The molecule has 10 heteroatoms. The average Bonchev–Trinajstić information content (AvgIpc) is 2.73. The summed E-state index contributed by atoms with van der Waals surface area (Å²) in [5.41, 5.74) is 1.96. The van der Waals surface area contributed by atoms with E-state index in [0.717, 1.165) is 16.4 Å². The average molecular weight is 776 g/mol. The minimum absolute atomic E-state index is 0.0395. The van der Waals surface area contributed by atoms with Gasteiger partial charge in [-0.2, -0.15) is 0 Å². The Morgan fingerprint density at radius 3 is 2.38 bits per heavy atom. The van der Waals surface area contributed by atoms with E-state index in [1.807, 2.05) is 13.0 Å². The van der Waals surface area contributed by atoms with Crippen molar-refractivity contribution in [3.8, 4) is 5.75 Å². The molecule has 0 aliphatic heterocycles. The Hall–Kier alpha value is -1.16. The number of hydrogen-bond acceptors (Lipinski definition) is 5. The van der Waals surface area contributed by atoms with Crippen molar-refractivity contribution in [3.63, 3.8) is 0 Å². The lowest BCUT2D eigenvalue weighted by Crippen LogP contribution is -2.30. The van der Waals surface area contributed by atoms with Gasteiger partial charge in [0.15, 0.2) is 11.9 Å². The first kappa shape index (κ1) is 27.1. The van der Waals surface area contributed by atoms with Crippen molar-refractivity contribution in [2.45, 2.75) is 33.3 Å². The van der Waals surface area contributed by atoms with Crippen molar-refractivity contribution in [1.82, 2.24) is 0 Å². The fraction of sp³-hybridized carbons (Fsp3) is 0.318. The molecule has 7 nitrogen and oxygen atoms in total. The third kappa shape index (κ3) is 6.68. The molecule has 0 radical (unpaired) electrons. The highest BCUT2D eigenvalue weighted by atomic mass is 127. The summed E-state index contributed by atoms with van der Waals surface area (Å²) < 4.78 is 7.99. The number of carbonyl (C=O) groups is 3. The number of Topliss-reactive ketones (excluding diaryl/α,β-unsaturated/α-hetero) is 1. The largest absolute Gasteiger partial charge is 0.479 e. The van der Waals surface area contributed by atoms with Crippen molar-refractivity contribution in [1.29, 1.82) is 0 Å². The van der Waals surface area contributed by atoms with Crippen LogP contribution in [-0.4, -0.2) is 42.0 Å². The maximum Gasteiger partial charge on any atom is 0.344 e. The minimum Gasteiger partial charge on any atom is -0.479 e. The van der Waals surface area contributed by atoms with Crippen LogP contribution in [0.15, 0.2) is 30.3 Å². The number of rotatable bonds is 10. The smallest absolute Gasteiger partial charge is 0.344 e. The number of anilines is 2. The Morgan fingerprint density at radius 1 is 1.12 bits per heavy atom.